The van der Waals surface area contributed by atoms with Crippen molar-refractivity contribution < 1.29 is 14.8 Å². The normalized spacial score (nSPS) is 15.6. The minimum atomic E-state index is -0.501. The maximum absolute atomic E-state index is 12.0. The standard InChI is InChI=1S/C14H20N4O3/c1-11-2-4-12(5-3-11)15-13(19)10-17-6-8-18(9-7-17)14(20)16-21/h2-5,21H,6-10H2,1H3,(H,15,19)(H,16,20). The third-order valence-corrected chi connectivity index (χ3v) is 3.46. The second kappa shape index (κ2) is 7.05. The molecule has 1 heterocycles. The maximum atomic E-state index is 12.0. The van der Waals surface area contributed by atoms with Gasteiger partial charge in [-0.1, -0.05) is 17.7 Å². The lowest BCUT2D eigenvalue weighted by Gasteiger charge is -2.33. The highest BCUT2D eigenvalue weighted by Crippen LogP contribution is 2.09. The number of hydrogen-bond donors (Lipinski definition) is 3. The lowest BCUT2D eigenvalue weighted by atomic mass is 10.2. The summed E-state index contributed by atoms with van der Waals surface area (Å²) in [5.74, 6) is -0.0705. The molecule has 3 amide bonds. The molecule has 0 spiro atoms. The van der Waals surface area contributed by atoms with E-state index >= 15 is 0 Å². The van der Waals surface area contributed by atoms with Crippen LogP contribution in [0.15, 0.2) is 24.3 Å². The lowest BCUT2D eigenvalue weighted by Crippen LogP contribution is -2.52. The van der Waals surface area contributed by atoms with E-state index in [1.54, 1.807) is 5.48 Å². The molecule has 2 rings (SSSR count). The van der Waals surface area contributed by atoms with Crippen LogP contribution < -0.4 is 10.8 Å². The molecular formula is C14H20N4O3. The summed E-state index contributed by atoms with van der Waals surface area (Å²) in [6.45, 7) is 4.48. The topological polar surface area (TPSA) is 84.9 Å². The largest absolute Gasteiger partial charge is 0.341 e. The Hall–Kier alpha value is -2.12. The molecule has 0 bridgehead atoms. The van der Waals surface area contributed by atoms with E-state index in [1.165, 1.54) is 4.90 Å². The van der Waals surface area contributed by atoms with E-state index in [0.717, 1.165) is 11.3 Å². The van der Waals surface area contributed by atoms with Crippen LogP contribution in [0.5, 0.6) is 0 Å². The Balaban J connectivity index is 1.76. The molecule has 3 N–H and O–H groups in total. The zero-order chi connectivity index (χ0) is 15.2. The van der Waals surface area contributed by atoms with Gasteiger partial charge in [-0.05, 0) is 19.1 Å². The van der Waals surface area contributed by atoms with Crippen LogP contribution >= 0.6 is 0 Å². The second-order valence-electron chi connectivity index (χ2n) is 5.09. The van der Waals surface area contributed by atoms with Crippen molar-refractivity contribution >= 4 is 17.6 Å². The number of amides is 3. The second-order valence-corrected chi connectivity index (χ2v) is 5.09. The molecular weight excluding hydrogens is 272 g/mol. The number of anilines is 1. The van der Waals surface area contributed by atoms with Gasteiger partial charge in [0, 0.05) is 31.9 Å². The van der Waals surface area contributed by atoms with Gasteiger partial charge in [-0.3, -0.25) is 14.9 Å². The van der Waals surface area contributed by atoms with Crippen molar-refractivity contribution in [1.29, 1.82) is 0 Å². The Morgan fingerprint density at radius 3 is 2.33 bits per heavy atom. The van der Waals surface area contributed by atoms with Crippen LogP contribution in [0.25, 0.3) is 0 Å². The number of piperazine rings is 1. The molecule has 1 aliphatic rings. The van der Waals surface area contributed by atoms with Gasteiger partial charge in [-0.25, -0.2) is 10.3 Å². The maximum Gasteiger partial charge on any atom is 0.341 e. The van der Waals surface area contributed by atoms with Gasteiger partial charge in [-0.15, -0.1) is 0 Å². The number of benzene rings is 1. The molecule has 21 heavy (non-hydrogen) atoms. The fourth-order valence-electron chi connectivity index (χ4n) is 2.22. The molecule has 1 fully saturated rings. The van der Waals surface area contributed by atoms with E-state index in [2.05, 4.69) is 5.32 Å². The zero-order valence-corrected chi connectivity index (χ0v) is 12.0. The average molecular weight is 292 g/mol. The summed E-state index contributed by atoms with van der Waals surface area (Å²) in [5, 5.41) is 11.4. The fourth-order valence-corrected chi connectivity index (χ4v) is 2.22. The van der Waals surface area contributed by atoms with Crippen LogP contribution in [-0.4, -0.2) is 59.7 Å². The van der Waals surface area contributed by atoms with E-state index in [0.29, 0.717) is 32.7 Å². The number of nitrogens with zero attached hydrogens (tertiary/aromatic N) is 2. The number of urea groups is 1. The summed E-state index contributed by atoms with van der Waals surface area (Å²) in [6, 6.07) is 7.14. The number of carbonyl (C=O) groups is 2. The minimum Gasteiger partial charge on any atom is -0.325 e. The number of hydrogen-bond acceptors (Lipinski definition) is 4. The Kier molecular flexibility index (Phi) is 5.13. The van der Waals surface area contributed by atoms with Crippen molar-refractivity contribution in [2.45, 2.75) is 6.92 Å². The molecule has 1 aromatic rings. The van der Waals surface area contributed by atoms with Gasteiger partial charge in [-0.2, -0.15) is 0 Å². The van der Waals surface area contributed by atoms with E-state index < -0.39 is 6.03 Å². The smallest absolute Gasteiger partial charge is 0.325 e. The SMILES string of the molecule is Cc1ccc(NC(=O)CN2CCN(C(=O)NO)CC2)cc1. The molecule has 0 atom stereocenters. The zero-order valence-electron chi connectivity index (χ0n) is 12.0. The molecule has 0 unspecified atom stereocenters. The monoisotopic (exact) mass is 292 g/mol. The highest BCUT2D eigenvalue weighted by atomic mass is 16.5. The van der Waals surface area contributed by atoms with E-state index in [9.17, 15) is 9.59 Å². The van der Waals surface area contributed by atoms with Crippen molar-refractivity contribution in [2.75, 3.05) is 38.0 Å². The van der Waals surface area contributed by atoms with Gasteiger partial charge in [0.1, 0.15) is 0 Å². The first-order chi connectivity index (χ1) is 10.1. The first kappa shape index (κ1) is 15.3. The number of hydroxylamine groups is 1. The van der Waals surface area contributed by atoms with E-state index in [4.69, 9.17) is 5.21 Å². The molecule has 114 valence electrons. The van der Waals surface area contributed by atoms with Crippen LogP contribution in [0.2, 0.25) is 0 Å². The Morgan fingerprint density at radius 1 is 1.14 bits per heavy atom. The van der Waals surface area contributed by atoms with Crippen LogP contribution in [-0.2, 0) is 4.79 Å². The third-order valence-electron chi connectivity index (χ3n) is 3.46. The molecule has 1 saturated heterocycles. The molecule has 7 nitrogen and oxygen atoms in total. The van der Waals surface area contributed by atoms with Gasteiger partial charge < -0.3 is 10.2 Å². The van der Waals surface area contributed by atoms with Crippen molar-refractivity contribution in [3.05, 3.63) is 29.8 Å². The summed E-state index contributed by atoms with van der Waals surface area (Å²) in [4.78, 5) is 26.7. The van der Waals surface area contributed by atoms with Gasteiger partial charge in [0.15, 0.2) is 0 Å². The number of rotatable bonds is 3. The summed E-state index contributed by atoms with van der Waals surface area (Å²) in [7, 11) is 0. The van der Waals surface area contributed by atoms with Gasteiger partial charge in [0.2, 0.25) is 5.91 Å². The number of nitrogens with one attached hydrogen (secondary N) is 2. The highest BCUT2D eigenvalue weighted by Gasteiger charge is 2.21. The predicted molar refractivity (Wildman–Crippen MR) is 78.1 cm³/mol. The molecule has 0 radical (unpaired) electrons. The Morgan fingerprint density at radius 2 is 1.76 bits per heavy atom. The summed E-state index contributed by atoms with van der Waals surface area (Å²) in [5.41, 5.74) is 3.54. The molecule has 0 saturated carbocycles. The van der Waals surface area contributed by atoms with Gasteiger partial charge in [0.25, 0.3) is 0 Å². The average Bonchev–Trinajstić information content (AvgIpc) is 2.49. The summed E-state index contributed by atoms with van der Waals surface area (Å²) >= 11 is 0. The lowest BCUT2D eigenvalue weighted by molar-refractivity contribution is -0.117. The van der Waals surface area contributed by atoms with Crippen molar-refractivity contribution in [2.24, 2.45) is 0 Å². The van der Waals surface area contributed by atoms with E-state index in [-0.39, 0.29) is 5.91 Å². The molecule has 1 aliphatic heterocycles. The molecule has 1 aromatic carbocycles. The first-order valence-electron chi connectivity index (χ1n) is 6.86. The van der Waals surface area contributed by atoms with Crippen LogP contribution in [0, 0.1) is 6.92 Å². The third kappa shape index (κ3) is 4.44. The summed E-state index contributed by atoms with van der Waals surface area (Å²) < 4.78 is 0. The van der Waals surface area contributed by atoms with Crippen LogP contribution in [0.4, 0.5) is 10.5 Å². The van der Waals surface area contributed by atoms with Crippen molar-refractivity contribution in [3.63, 3.8) is 0 Å². The summed E-state index contributed by atoms with van der Waals surface area (Å²) in [6.07, 6.45) is 0. The number of carbonyl (C=O) groups excluding carboxylic acids is 2. The first-order valence-corrected chi connectivity index (χ1v) is 6.86. The minimum absolute atomic E-state index is 0.0705. The number of aryl methyl sites for hydroxylation is 1. The van der Waals surface area contributed by atoms with Gasteiger partial charge >= 0.3 is 6.03 Å². The van der Waals surface area contributed by atoms with Gasteiger partial charge in [0.05, 0.1) is 6.54 Å². The predicted octanol–water partition coefficient (Wildman–Crippen LogP) is 0.650. The Bertz CT molecular complexity index is 495. The van der Waals surface area contributed by atoms with E-state index in [1.807, 2.05) is 36.1 Å². The fraction of sp³-hybridized carbons (Fsp3) is 0.429. The molecule has 7 heteroatoms. The Labute approximate surface area is 123 Å². The quantitative estimate of drug-likeness (QED) is 0.564. The van der Waals surface area contributed by atoms with Crippen LogP contribution in [0.1, 0.15) is 5.56 Å². The van der Waals surface area contributed by atoms with Crippen molar-refractivity contribution in [3.8, 4) is 0 Å². The highest BCUT2D eigenvalue weighted by molar-refractivity contribution is 5.92. The molecule has 0 aliphatic carbocycles. The van der Waals surface area contributed by atoms with Crippen molar-refractivity contribution in [1.82, 2.24) is 15.3 Å². The van der Waals surface area contributed by atoms with Crippen LogP contribution in [0.3, 0.4) is 0 Å². The molecule has 0 aromatic heterocycles.